The van der Waals surface area contributed by atoms with Crippen molar-refractivity contribution >= 4 is 15.9 Å². The first kappa shape index (κ1) is 16.0. The van der Waals surface area contributed by atoms with E-state index in [0.717, 1.165) is 11.4 Å². The first-order valence-electron chi connectivity index (χ1n) is 6.94. The molecule has 118 valence electrons. The molecule has 1 fully saturated rings. The van der Waals surface area contributed by atoms with Gasteiger partial charge in [0, 0.05) is 18.7 Å². The smallest absolute Gasteiger partial charge is 0.240 e. The number of ether oxygens (including phenoxy) is 1. The Morgan fingerprint density at radius 3 is 2.81 bits per heavy atom. The van der Waals surface area contributed by atoms with Crippen LogP contribution in [-0.4, -0.2) is 42.6 Å². The minimum absolute atomic E-state index is 0.0643. The van der Waals surface area contributed by atoms with Crippen LogP contribution in [0, 0.1) is 13.8 Å². The number of amides is 1. The molecule has 2 atom stereocenters. The van der Waals surface area contributed by atoms with Gasteiger partial charge in [0.1, 0.15) is 5.25 Å². The third-order valence-corrected chi connectivity index (χ3v) is 5.29. The average molecular weight is 315 g/mol. The van der Waals surface area contributed by atoms with Crippen molar-refractivity contribution < 1.29 is 17.9 Å². The van der Waals surface area contributed by atoms with Gasteiger partial charge in [0.05, 0.1) is 18.3 Å². The quantitative estimate of drug-likeness (QED) is 0.863. The van der Waals surface area contributed by atoms with E-state index in [1.807, 2.05) is 26.8 Å². The van der Waals surface area contributed by atoms with Crippen molar-refractivity contribution in [2.24, 2.45) is 0 Å². The van der Waals surface area contributed by atoms with E-state index in [0.29, 0.717) is 13.0 Å². The van der Waals surface area contributed by atoms with Crippen LogP contribution >= 0.6 is 0 Å². The first-order chi connectivity index (χ1) is 9.79. The second-order valence-electron chi connectivity index (χ2n) is 5.48. The van der Waals surface area contributed by atoms with Crippen molar-refractivity contribution in [3.8, 4) is 0 Å². The van der Waals surface area contributed by atoms with Crippen LogP contribution in [0.1, 0.15) is 37.2 Å². The van der Waals surface area contributed by atoms with E-state index in [9.17, 15) is 13.2 Å². The van der Waals surface area contributed by atoms with Crippen molar-refractivity contribution in [2.75, 3.05) is 13.2 Å². The average Bonchev–Trinajstić information content (AvgIpc) is 2.97. The van der Waals surface area contributed by atoms with Gasteiger partial charge >= 0.3 is 0 Å². The van der Waals surface area contributed by atoms with Crippen LogP contribution < -0.4 is 4.72 Å². The molecule has 0 radical (unpaired) electrons. The van der Waals surface area contributed by atoms with Gasteiger partial charge in [-0.15, -0.1) is 0 Å². The molecule has 0 bridgehead atoms. The zero-order valence-electron chi connectivity index (χ0n) is 12.5. The Kier molecular flexibility index (Phi) is 4.67. The molecule has 7 nitrogen and oxygen atoms in total. The summed E-state index contributed by atoms with van der Waals surface area (Å²) in [5, 5.41) is 3.67. The van der Waals surface area contributed by atoms with Gasteiger partial charge in [0.15, 0.2) is 0 Å². The second kappa shape index (κ2) is 6.15. The molecular formula is C13H21N3O4S. The standard InChI is InChI=1S/C13H21N3O4S/c1-9-6-10(2)16(14-9)11(3)7-13(17)15-21(18,19)12-4-5-20-8-12/h6,11-12H,4-5,7-8H2,1-3H3,(H,15,17). The number of hydrogen-bond acceptors (Lipinski definition) is 5. The summed E-state index contributed by atoms with van der Waals surface area (Å²) in [4.78, 5) is 11.9. The van der Waals surface area contributed by atoms with Crippen LogP contribution in [0.25, 0.3) is 0 Å². The predicted octanol–water partition coefficient (Wildman–Crippen LogP) is 0.686. The maximum absolute atomic E-state index is 12.0. The number of sulfonamides is 1. The lowest BCUT2D eigenvalue weighted by Crippen LogP contribution is -2.39. The molecule has 1 saturated heterocycles. The molecule has 2 heterocycles. The summed E-state index contributed by atoms with van der Waals surface area (Å²) in [6.45, 7) is 6.18. The maximum atomic E-state index is 12.0. The Labute approximate surface area is 124 Å². The predicted molar refractivity (Wildman–Crippen MR) is 77.3 cm³/mol. The molecule has 1 aliphatic rings. The lowest BCUT2D eigenvalue weighted by atomic mass is 10.2. The number of nitrogens with zero attached hydrogens (tertiary/aromatic N) is 2. The van der Waals surface area contributed by atoms with Crippen molar-refractivity contribution in [1.29, 1.82) is 0 Å². The van der Waals surface area contributed by atoms with Gasteiger partial charge in [-0.05, 0) is 33.3 Å². The fraction of sp³-hybridized carbons (Fsp3) is 0.692. The van der Waals surface area contributed by atoms with Crippen LogP contribution in [-0.2, 0) is 19.6 Å². The summed E-state index contributed by atoms with van der Waals surface area (Å²) >= 11 is 0. The highest BCUT2D eigenvalue weighted by atomic mass is 32.2. The summed E-state index contributed by atoms with van der Waals surface area (Å²) in [6.07, 6.45) is 0.490. The molecule has 0 saturated carbocycles. The van der Waals surface area contributed by atoms with E-state index in [1.54, 1.807) is 4.68 Å². The number of aromatic nitrogens is 2. The highest BCUT2D eigenvalue weighted by Gasteiger charge is 2.31. The van der Waals surface area contributed by atoms with Crippen LogP contribution in [0.15, 0.2) is 6.07 Å². The van der Waals surface area contributed by atoms with E-state index in [4.69, 9.17) is 4.74 Å². The number of carbonyl (C=O) groups is 1. The number of hydrogen-bond donors (Lipinski definition) is 1. The van der Waals surface area contributed by atoms with E-state index in [1.165, 1.54) is 0 Å². The lowest BCUT2D eigenvalue weighted by Gasteiger charge is -2.15. The highest BCUT2D eigenvalue weighted by Crippen LogP contribution is 2.16. The topological polar surface area (TPSA) is 90.3 Å². The van der Waals surface area contributed by atoms with Gasteiger partial charge in [-0.3, -0.25) is 14.2 Å². The number of carbonyl (C=O) groups excluding carboxylic acids is 1. The van der Waals surface area contributed by atoms with E-state index < -0.39 is 21.2 Å². The van der Waals surface area contributed by atoms with Crippen molar-refractivity contribution in [3.63, 3.8) is 0 Å². The Hall–Kier alpha value is -1.41. The monoisotopic (exact) mass is 315 g/mol. The SMILES string of the molecule is Cc1cc(C)n(C(C)CC(=O)NS(=O)(=O)C2CCOC2)n1. The number of rotatable bonds is 5. The summed E-state index contributed by atoms with van der Waals surface area (Å²) < 4.78 is 32.9. The molecule has 8 heteroatoms. The molecule has 1 aromatic rings. The van der Waals surface area contributed by atoms with E-state index in [2.05, 4.69) is 9.82 Å². The third kappa shape index (κ3) is 3.82. The molecule has 1 aliphatic heterocycles. The summed E-state index contributed by atoms with van der Waals surface area (Å²) in [5.74, 6) is -0.512. The molecule has 0 aromatic carbocycles. The van der Waals surface area contributed by atoms with Crippen LogP contribution in [0.3, 0.4) is 0 Å². The molecule has 1 N–H and O–H groups in total. The second-order valence-corrected chi connectivity index (χ2v) is 7.44. The van der Waals surface area contributed by atoms with E-state index >= 15 is 0 Å². The molecule has 2 unspecified atom stereocenters. The van der Waals surface area contributed by atoms with Gasteiger partial charge in [-0.2, -0.15) is 5.10 Å². The maximum Gasteiger partial charge on any atom is 0.240 e. The minimum Gasteiger partial charge on any atom is -0.380 e. The Balaban J connectivity index is 1.96. The van der Waals surface area contributed by atoms with Gasteiger partial charge in [0.2, 0.25) is 15.9 Å². The largest absolute Gasteiger partial charge is 0.380 e. The van der Waals surface area contributed by atoms with Gasteiger partial charge in [-0.25, -0.2) is 8.42 Å². The van der Waals surface area contributed by atoms with Crippen molar-refractivity contribution in [3.05, 3.63) is 17.5 Å². The Bertz CT molecular complexity index is 617. The molecular weight excluding hydrogens is 294 g/mol. The molecule has 0 aliphatic carbocycles. The first-order valence-corrected chi connectivity index (χ1v) is 8.49. The zero-order valence-corrected chi connectivity index (χ0v) is 13.3. The Morgan fingerprint density at radius 1 is 1.57 bits per heavy atom. The number of aryl methyl sites for hydroxylation is 2. The van der Waals surface area contributed by atoms with Gasteiger partial charge < -0.3 is 4.74 Å². The van der Waals surface area contributed by atoms with Crippen LogP contribution in [0.5, 0.6) is 0 Å². The van der Waals surface area contributed by atoms with Gasteiger partial charge in [0.25, 0.3) is 0 Å². The molecule has 21 heavy (non-hydrogen) atoms. The third-order valence-electron chi connectivity index (χ3n) is 3.53. The Morgan fingerprint density at radius 2 is 2.29 bits per heavy atom. The van der Waals surface area contributed by atoms with Crippen LogP contribution in [0.4, 0.5) is 0 Å². The highest BCUT2D eigenvalue weighted by molar-refractivity contribution is 7.90. The van der Waals surface area contributed by atoms with Crippen molar-refractivity contribution in [1.82, 2.24) is 14.5 Å². The van der Waals surface area contributed by atoms with Crippen LogP contribution in [0.2, 0.25) is 0 Å². The minimum atomic E-state index is -3.65. The fourth-order valence-corrected chi connectivity index (χ4v) is 3.74. The summed E-state index contributed by atoms with van der Waals surface area (Å²) in [5.41, 5.74) is 1.82. The fourth-order valence-electron chi connectivity index (χ4n) is 2.49. The van der Waals surface area contributed by atoms with Crippen molar-refractivity contribution in [2.45, 2.75) is 44.9 Å². The number of nitrogens with one attached hydrogen (secondary N) is 1. The summed E-state index contributed by atoms with van der Waals surface area (Å²) in [6, 6.07) is 1.72. The lowest BCUT2D eigenvalue weighted by molar-refractivity contribution is -0.120. The molecule has 1 amide bonds. The molecule has 2 rings (SSSR count). The molecule has 0 spiro atoms. The summed E-state index contributed by atoms with van der Waals surface area (Å²) in [7, 11) is -3.65. The zero-order chi connectivity index (χ0) is 15.6. The molecule has 1 aromatic heterocycles. The normalized spacial score (nSPS) is 20.4. The van der Waals surface area contributed by atoms with Gasteiger partial charge in [-0.1, -0.05) is 0 Å². The van der Waals surface area contributed by atoms with E-state index in [-0.39, 0.29) is 19.1 Å².